The molecule has 0 aliphatic carbocycles. The first-order valence-corrected chi connectivity index (χ1v) is 6.09. The smallest absolute Gasteiger partial charge is 0.138 e. The van der Waals surface area contributed by atoms with Crippen LogP contribution < -0.4 is 0 Å². The van der Waals surface area contributed by atoms with Crippen molar-refractivity contribution in [2.45, 2.75) is 6.92 Å². The topological polar surface area (TPSA) is 51.6 Å². The molecule has 0 saturated heterocycles. The van der Waals surface area contributed by atoms with E-state index in [9.17, 15) is 0 Å². The summed E-state index contributed by atoms with van der Waals surface area (Å²) in [4.78, 5) is 8.92. The zero-order valence-corrected chi connectivity index (χ0v) is 10.3. The van der Waals surface area contributed by atoms with Crippen LogP contribution in [0.4, 0.5) is 0 Å². The highest BCUT2D eigenvalue weighted by molar-refractivity contribution is 6.22. The Bertz CT molecular complexity index is 886. The molecule has 0 amide bonds. The summed E-state index contributed by atoms with van der Waals surface area (Å²) >= 11 is 0. The molecule has 4 rings (SSSR count). The van der Waals surface area contributed by atoms with Crippen molar-refractivity contribution in [2.75, 3.05) is 0 Å². The number of pyridine rings is 1. The molecule has 0 spiro atoms. The van der Waals surface area contributed by atoms with E-state index in [0.29, 0.717) is 0 Å². The molecule has 90 valence electrons. The zero-order chi connectivity index (χ0) is 12.8. The monoisotopic (exact) mass is 246 g/mol. The third-order valence-corrected chi connectivity index (χ3v) is 3.45. The quantitative estimate of drug-likeness (QED) is 0.447. The fraction of sp³-hybridized carbons (Fsp3) is 0.0667. The molecule has 19 heavy (non-hydrogen) atoms. The van der Waals surface area contributed by atoms with Crippen LogP contribution in [0.1, 0.15) is 5.56 Å². The van der Waals surface area contributed by atoms with Crippen molar-refractivity contribution in [3.05, 3.63) is 48.4 Å². The maximum absolute atomic E-state index is 4.52. The Kier molecular flexibility index (Phi) is 2.00. The summed E-state index contributed by atoms with van der Waals surface area (Å²) in [6.45, 7) is 2.09. The van der Waals surface area contributed by atoms with Gasteiger partial charge in [-0.05, 0) is 24.6 Å². The Labute approximate surface area is 109 Å². The number of rotatable bonds is 0. The molecule has 4 aromatic rings. The van der Waals surface area contributed by atoms with E-state index in [1.165, 1.54) is 11.9 Å². The molecule has 2 aromatic carbocycles. The number of aromatic nitrogens is 4. The Hall–Kier alpha value is -2.62. The Morgan fingerprint density at radius 3 is 2.68 bits per heavy atom. The summed E-state index contributed by atoms with van der Waals surface area (Å²) in [6, 6.07) is 10.1. The molecule has 0 unspecified atom stereocenters. The van der Waals surface area contributed by atoms with Crippen molar-refractivity contribution < 1.29 is 0 Å². The van der Waals surface area contributed by atoms with Crippen LogP contribution in [0.2, 0.25) is 0 Å². The minimum Gasteiger partial charge on any atom is -0.256 e. The molecule has 0 aliphatic rings. The van der Waals surface area contributed by atoms with Crippen molar-refractivity contribution in [1.29, 1.82) is 0 Å². The van der Waals surface area contributed by atoms with Crippen LogP contribution in [0, 0.1) is 6.92 Å². The summed E-state index contributed by atoms with van der Waals surface area (Å²) < 4.78 is 0. The van der Waals surface area contributed by atoms with E-state index < -0.39 is 0 Å². The van der Waals surface area contributed by atoms with E-state index in [1.54, 1.807) is 0 Å². The standard InChI is InChI=1S/C15H10N4/c1-9-4-2-5-10-12(9)13-11(6-3-7-16-13)15-14(10)17-8-18-19-15/h2-8H,1H3. The van der Waals surface area contributed by atoms with Gasteiger partial charge in [-0.25, -0.2) is 4.98 Å². The van der Waals surface area contributed by atoms with E-state index in [2.05, 4.69) is 39.2 Å². The van der Waals surface area contributed by atoms with E-state index in [1.807, 2.05) is 24.4 Å². The van der Waals surface area contributed by atoms with Crippen LogP contribution in [0.5, 0.6) is 0 Å². The van der Waals surface area contributed by atoms with Crippen LogP contribution in [0.25, 0.3) is 32.7 Å². The van der Waals surface area contributed by atoms with Gasteiger partial charge in [-0.15, -0.1) is 10.2 Å². The molecule has 2 heterocycles. The van der Waals surface area contributed by atoms with E-state index in [4.69, 9.17) is 0 Å². The predicted octanol–water partition coefficient (Wildman–Crippen LogP) is 3.03. The number of fused-ring (bicyclic) bond motifs is 6. The van der Waals surface area contributed by atoms with Gasteiger partial charge in [0.2, 0.25) is 0 Å². The fourth-order valence-corrected chi connectivity index (χ4v) is 2.63. The molecule has 4 nitrogen and oxygen atoms in total. The molecular formula is C15H10N4. The van der Waals surface area contributed by atoms with Crippen molar-refractivity contribution in [2.24, 2.45) is 0 Å². The molecular weight excluding hydrogens is 236 g/mol. The first-order valence-electron chi connectivity index (χ1n) is 6.09. The third kappa shape index (κ3) is 1.34. The lowest BCUT2D eigenvalue weighted by Gasteiger charge is -2.08. The lowest BCUT2D eigenvalue weighted by Crippen LogP contribution is -1.93. The summed E-state index contributed by atoms with van der Waals surface area (Å²) in [5, 5.41) is 11.4. The highest BCUT2D eigenvalue weighted by Crippen LogP contribution is 2.32. The molecule has 4 heteroatoms. The van der Waals surface area contributed by atoms with Crippen molar-refractivity contribution in [1.82, 2.24) is 20.2 Å². The van der Waals surface area contributed by atoms with Crippen LogP contribution in [0.15, 0.2) is 42.9 Å². The zero-order valence-electron chi connectivity index (χ0n) is 10.3. The van der Waals surface area contributed by atoms with Gasteiger partial charge in [0.1, 0.15) is 17.4 Å². The SMILES string of the molecule is Cc1cccc2c3ncnnc3c3cccnc3c12. The Morgan fingerprint density at radius 2 is 1.74 bits per heavy atom. The maximum atomic E-state index is 4.52. The van der Waals surface area contributed by atoms with Crippen LogP contribution in [-0.4, -0.2) is 20.2 Å². The van der Waals surface area contributed by atoms with Gasteiger partial charge >= 0.3 is 0 Å². The molecule has 2 aromatic heterocycles. The minimum atomic E-state index is 0.809. The van der Waals surface area contributed by atoms with Crippen molar-refractivity contribution in [3.63, 3.8) is 0 Å². The maximum Gasteiger partial charge on any atom is 0.138 e. The summed E-state index contributed by atoms with van der Waals surface area (Å²) in [5.74, 6) is 0. The molecule has 0 aliphatic heterocycles. The third-order valence-electron chi connectivity index (χ3n) is 3.45. The summed E-state index contributed by atoms with van der Waals surface area (Å²) in [7, 11) is 0. The number of aryl methyl sites for hydroxylation is 1. The van der Waals surface area contributed by atoms with Gasteiger partial charge < -0.3 is 0 Å². The van der Waals surface area contributed by atoms with E-state index in [-0.39, 0.29) is 0 Å². The van der Waals surface area contributed by atoms with Crippen LogP contribution >= 0.6 is 0 Å². The second-order valence-electron chi connectivity index (χ2n) is 4.55. The summed E-state index contributed by atoms with van der Waals surface area (Å²) in [5.41, 5.74) is 3.85. The van der Waals surface area contributed by atoms with E-state index >= 15 is 0 Å². The number of benzene rings is 2. The summed E-state index contributed by atoms with van der Waals surface area (Å²) in [6.07, 6.45) is 3.30. The van der Waals surface area contributed by atoms with Gasteiger partial charge in [0, 0.05) is 22.4 Å². The molecule has 0 fully saturated rings. The lowest BCUT2D eigenvalue weighted by atomic mass is 10.00. The first-order chi connectivity index (χ1) is 9.36. The van der Waals surface area contributed by atoms with Crippen LogP contribution in [-0.2, 0) is 0 Å². The number of hydrogen-bond donors (Lipinski definition) is 0. The highest BCUT2D eigenvalue weighted by Gasteiger charge is 2.12. The van der Waals surface area contributed by atoms with Gasteiger partial charge in [0.05, 0.1) is 5.52 Å². The average Bonchev–Trinajstić information content (AvgIpc) is 2.47. The largest absolute Gasteiger partial charge is 0.256 e. The predicted molar refractivity (Wildman–Crippen MR) is 74.9 cm³/mol. The lowest BCUT2D eigenvalue weighted by molar-refractivity contribution is 1.03. The number of hydrogen-bond acceptors (Lipinski definition) is 4. The molecule has 0 N–H and O–H groups in total. The average molecular weight is 246 g/mol. The van der Waals surface area contributed by atoms with Crippen molar-refractivity contribution >= 4 is 32.7 Å². The molecule has 0 saturated carbocycles. The van der Waals surface area contributed by atoms with Gasteiger partial charge in [-0.2, -0.15) is 0 Å². The molecule has 0 atom stereocenters. The van der Waals surface area contributed by atoms with Gasteiger partial charge in [-0.3, -0.25) is 4.98 Å². The van der Waals surface area contributed by atoms with E-state index in [0.717, 1.165) is 32.7 Å². The van der Waals surface area contributed by atoms with Gasteiger partial charge in [-0.1, -0.05) is 18.2 Å². The number of nitrogens with zero attached hydrogens (tertiary/aromatic N) is 4. The van der Waals surface area contributed by atoms with Crippen molar-refractivity contribution in [3.8, 4) is 0 Å². The second-order valence-corrected chi connectivity index (χ2v) is 4.55. The Morgan fingerprint density at radius 1 is 0.842 bits per heavy atom. The molecule has 0 radical (unpaired) electrons. The van der Waals surface area contributed by atoms with Gasteiger partial charge in [0.15, 0.2) is 0 Å². The fourth-order valence-electron chi connectivity index (χ4n) is 2.63. The first kappa shape index (κ1) is 10.3. The minimum absolute atomic E-state index is 0.809. The van der Waals surface area contributed by atoms with Crippen LogP contribution in [0.3, 0.4) is 0 Å². The molecule has 0 bridgehead atoms. The highest BCUT2D eigenvalue weighted by atomic mass is 15.1. The second kappa shape index (κ2) is 3.68. The Balaban J connectivity index is 2.48. The normalized spacial score (nSPS) is 11.4. The van der Waals surface area contributed by atoms with Gasteiger partial charge in [0.25, 0.3) is 0 Å².